The molecule has 2 aromatic carbocycles. The third kappa shape index (κ3) is 4.76. The topological polar surface area (TPSA) is 52.8 Å². The van der Waals surface area contributed by atoms with Crippen LogP contribution >= 0.6 is 11.3 Å². The number of benzene rings is 2. The summed E-state index contributed by atoms with van der Waals surface area (Å²) in [7, 11) is 0. The fraction of sp³-hybridized carbons (Fsp3) is 0.292. The summed E-state index contributed by atoms with van der Waals surface area (Å²) in [5.41, 5.74) is 5.89. The number of aryl methyl sites for hydroxylation is 1. The molecule has 0 radical (unpaired) electrons. The Morgan fingerprint density at radius 2 is 1.97 bits per heavy atom. The zero-order chi connectivity index (χ0) is 20.9. The number of hydrogen-bond acceptors (Lipinski definition) is 5. The fourth-order valence-electron chi connectivity index (χ4n) is 3.61. The Morgan fingerprint density at radius 1 is 1.10 bits per heavy atom. The van der Waals surface area contributed by atoms with Crippen LogP contribution in [0.1, 0.15) is 29.9 Å². The summed E-state index contributed by atoms with van der Waals surface area (Å²) >= 11 is 1.84. The third-order valence-electron chi connectivity index (χ3n) is 4.93. The number of tetrazole rings is 1. The highest BCUT2D eigenvalue weighted by Crippen LogP contribution is 2.33. The van der Waals surface area contributed by atoms with Crippen LogP contribution in [0.3, 0.4) is 0 Å². The van der Waals surface area contributed by atoms with Crippen LogP contribution < -0.4 is 4.74 Å². The van der Waals surface area contributed by atoms with E-state index < -0.39 is 0 Å². The second-order valence-electron chi connectivity index (χ2n) is 7.87. The van der Waals surface area contributed by atoms with E-state index in [-0.39, 0.29) is 0 Å². The Kier molecular flexibility index (Phi) is 6.23. The fourth-order valence-corrected chi connectivity index (χ4v) is 4.72. The van der Waals surface area contributed by atoms with E-state index in [1.54, 1.807) is 11.0 Å². The molecule has 154 valence electrons. The minimum Gasteiger partial charge on any atom is -0.493 e. The lowest BCUT2D eigenvalue weighted by Gasteiger charge is -2.13. The molecule has 5 nitrogen and oxygen atoms in total. The smallest absolute Gasteiger partial charge is 0.143 e. The molecule has 2 aromatic heterocycles. The van der Waals surface area contributed by atoms with E-state index in [9.17, 15) is 0 Å². The summed E-state index contributed by atoms with van der Waals surface area (Å²) in [6.07, 6.45) is 3.49. The van der Waals surface area contributed by atoms with Gasteiger partial charge in [0.15, 0.2) is 0 Å². The van der Waals surface area contributed by atoms with E-state index in [4.69, 9.17) is 4.74 Å². The average molecular weight is 419 g/mol. The molecule has 0 aliphatic carbocycles. The van der Waals surface area contributed by atoms with Crippen LogP contribution in [0.2, 0.25) is 0 Å². The Labute approximate surface area is 181 Å². The summed E-state index contributed by atoms with van der Waals surface area (Å²) in [6.45, 7) is 7.24. The SMILES string of the molecule is Cc1cc(OCCc2ccccc2-n2cnnn2)cc(-c2ccsc2CC(C)C)c1. The van der Waals surface area contributed by atoms with Crippen LogP contribution in [0.4, 0.5) is 0 Å². The quantitative estimate of drug-likeness (QED) is 0.378. The van der Waals surface area contributed by atoms with Crippen molar-refractivity contribution in [3.05, 3.63) is 76.2 Å². The van der Waals surface area contributed by atoms with Gasteiger partial charge in [-0.05, 0) is 81.6 Å². The maximum Gasteiger partial charge on any atom is 0.143 e. The first-order chi connectivity index (χ1) is 14.6. The Morgan fingerprint density at radius 3 is 2.77 bits per heavy atom. The summed E-state index contributed by atoms with van der Waals surface area (Å²) < 4.78 is 7.85. The van der Waals surface area contributed by atoms with Gasteiger partial charge in [-0.1, -0.05) is 38.1 Å². The van der Waals surface area contributed by atoms with Crippen molar-refractivity contribution in [2.45, 2.75) is 33.6 Å². The van der Waals surface area contributed by atoms with Gasteiger partial charge in [-0.25, -0.2) is 4.68 Å². The number of thiophene rings is 1. The van der Waals surface area contributed by atoms with E-state index in [0.717, 1.165) is 29.8 Å². The van der Waals surface area contributed by atoms with Crippen LogP contribution in [0.25, 0.3) is 16.8 Å². The van der Waals surface area contributed by atoms with E-state index in [2.05, 4.69) is 72.0 Å². The minimum atomic E-state index is 0.588. The number of aromatic nitrogens is 4. The molecular weight excluding hydrogens is 392 g/mol. The van der Waals surface area contributed by atoms with Crippen molar-refractivity contribution in [2.24, 2.45) is 5.92 Å². The molecule has 0 saturated carbocycles. The lowest BCUT2D eigenvalue weighted by Crippen LogP contribution is -2.06. The van der Waals surface area contributed by atoms with Crippen molar-refractivity contribution < 1.29 is 4.74 Å². The highest BCUT2D eigenvalue weighted by atomic mass is 32.1. The summed E-state index contributed by atoms with van der Waals surface area (Å²) in [5, 5.41) is 13.7. The monoisotopic (exact) mass is 418 g/mol. The molecule has 0 aliphatic heterocycles. The van der Waals surface area contributed by atoms with Gasteiger partial charge in [-0.3, -0.25) is 0 Å². The van der Waals surface area contributed by atoms with E-state index in [1.165, 1.54) is 21.6 Å². The summed E-state index contributed by atoms with van der Waals surface area (Å²) in [5.74, 6) is 1.55. The molecule has 0 bridgehead atoms. The molecule has 0 spiro atoms. The third-order valence-corrected chi connectivity index (χ3v) is 5.87. The van der Waals surface area contributed by atoms with Gasteiger partial charge >= 0.3 is 0 Å². The van der Waals surface area contributed by atoms with Gasteiger partial charge in [0.05, 0.1) is 12.3 Å². The van der Waals surface area contributed by atoms with Crippen molar-refractivity contribution in [1.82, 2.24) is 20.2 Å². The van der Waals surface area contributed by atoms with Gasteiger partial charge in [0, 0.05) is 11.3 Å². The van der Waals surface area contributed by atoms with Crippen molar-refractivity contribution in [3.8, 4) is 22.6 Å². The summed E-state index contributed by atoms with van der Waals surface area (Å²) in [4.78, 5) is 1.44. The first-order valence-corrected chi connectivity index (χ1v) is 11.1. The van der Waals surface area contributed by atoms with Crippen molar-refractivity contribution in [2.75, 3.05) is 6.61 Å². The molecule has 0 aliphatic rings. The Balaban J connectivity index is 1.49. The molecule has 0 unspecified atom stereocenters. The molecule has 2 heterocycles. The standard InChI is InChI=1S/C24H26N4OS/c1-17(2)12-24-22(9-11-30-24)20-13-18(3)14-21(15-20)29-10-8-19-6-4-5-7-23(19)28-16-25-26-27-28/h4-7,9,11,13-17H,8,10,12H2,1-3H3. The number of hydrogen-bond donors (Lipinski definition) is 0. The van der Waals surface area contributed by atoms with E-state index in [1.807, 2.05) is 29.5 Å². The van der Waals surface area contributed by atoms with Gasteiger partial charge in [-0.15, -0.1) is 16.4 Å². The predicted octanol–water partition coefficient (Wildman–Crippen LogP) is 5.52. The molecular formula is C24H26N4OS. The molecule has 4 aromatic rings. The van der Waals surface area contributed by atoms with Crippen LogP contribution in [0, 0.1) is 12.8 Å². The van der Waals surface area contributed by atoms with Gasteiger partial charge in [0.25, 0.3) is 0 Å². The van der Waals surface area contributed by atoms with Crippen molar-refractivity contribution in [1.29, 1.82) is 0 Å². The first kappa shape index (κ1) is 20.3. The van der Waals surface area contributed by atoms with Gasteiger partial charge in [-0.2, -0.15) is 0 Å². The second kappa shape index (κ2) is 9.22. The normalized spacial score (nSPS) is 11.2. The maximum atomic E-state index is 6.17. The molecule has 30 heavy (non-hydrogen) atoms. The van der Waals surface area contributed by atoms with Crippen LogP contribution in [0.15, 0.2) is 60.2 Å². The number of ether oxygens (including phenoxy) is 1. The van der Waals surface area contributed by atoms with Gasteiger partial charge < -0.3 is 4.74 Å². The highest BCUT2D eigenvalue weighted by Gasteiger charge is 2.11. The second-order valence-corrected chi connectivity index (χ2v) is 8.87. The molecule has 4 rings (SSSR count). The molecule has 0 fully saturated rings. The zero-order valence-corrected chi connectivity index (χ0v) is 18.4. The predicted molar refractivity (Wildman–Crippen MR) is 121 cm³/mol. The van der Waals surface area contributed by atoms with Crippen molar-refractivity contribution in [3.63, 3.8) is 0 Å². The molecule has 0 atom stereocenters. The lowest BCUT2D eigenvalue weighted by molar-refractivity contribution is 0.321. The van der Waals surface area contributed by atoms with Crippen molar-refractivity contribution >= 4 is 11.3 Å². The van der Waals surface area contributed by atoms with Gasteiger partial charge in [0.2, 0.25) is 0 Å². The molecule has 0 N–H and O–H groups in total. The minimum absolute atomic E-state index is 0.588. The van der Waals surface area contributed by atoms with E-state index >= 15 is 0 Å². The van der Waals surface area contributed by atoms with Crippen LogP contribution in [0.5, 0.6) is 5.75 Å². The Bertz CT molecular complexity index is 1100. The molecule has 0 saturated heterocycles. The Hall–Kier alpha value is -2.99. The highest BCUT2D eigenvalue weighted by molar-refractivity contribution is 7.10. The average Bonchev–Trinajstić information content (AvgIpc) is 3.40. The van der Waals surface area contributed by atoms with E-state index in [0.29, 0.717) is 12.5 Å². The summed E-state index contributed by atoms with van der Waals surface area (Å²) in [6, 6.07) is 16.9. The molecule has 0 amide bonds. The maximum absolute atomic E-state index is 6.17. The zero-order valence-electron chi connectivity index (χ0n) is 17.6. The largest absolute Gasteiger partial charge is 0.493 e. The first-order valence-electron chi connectivity index (χ1n) is 10.2. The number of rotatable bonds is 8. The van der Waals surface area contributed by atoms with Gasteiger partial charge in [0.1, 0.15) is 12.1 Å². The molecule has 6 heteroatoms. The van der Waals surface area contributed by atoms with Crippen LogP contribution in [-0.2, 0) is 12.8 Å². The lowest BCUT2D eigenvalue weighted by atomic mass is 10.00. The number of para-hydroxylation sites is 1. The number of nitrogens with zero attached hydrogens (tertiary/aromatic N) is 4. The van der Waals surface area contributed by atoms with Crippen LogP contribution in [-0.4, -0.2) is 26.8 Å².